The number of carbonyl (C=O) groups excluding carboxylic acids is 1. The number of rotatable bonds is 4. The van der Waals surface area contributed by atoms with Crippen molar-refractivity contribution in [1.82, 2.24) is 10.4 Å². The molecule has 0 saturated heterocycles. The highest BCUT2D eigenvalue weighted by atomic mass is 32.1. The van der Waals surface area contributed by atoms with Crippen molar-refractivity contribution in [2.75, 3.05) is 6.54 Å². The number of thiocarbonyl (C=S) groups is 1. The summed E-state index contributed by atoms with van der Waals surface area (Å²) in [6.07, 6.45) is 2.54. The van der Waals surface area contributed by atoms with Crippen LogP contribution in [0, 0.1) is 0 Å². The lowest BCUT2D eigenvalue weighted by Gasteiger charge is -2.21. The third-order valence-electron chi connectivity index (χ3n) is 2.08. The largest absolute Gasteiger partial charge is 0.375 e. The number of thiophene rings is 1. The Balaban J connectivity index is 2.69. The maximum Gasteiger partial charge on any atom is 0.270 e. The van der Waals surface area contributed by atoms with Crippen molar-refractivity contribution < 1.29 is 4.79 Å². The molecule has 6 heteroatoms. The van der Waals surface area contributed by atoms with Crippen molar-refractivity contribution in [3.63, 3.8) is 0 Å². The molecule has 1 aromatic rings. The second kappa shape index (κ2) is 6.36. The zero-order chi connectivity index (χ0) is 12.8. The minimum Gasteiger partial charge on any atom is -0.375 e. The number of nitrogens with two attached hydrogens (primary N) is 1. The molecule has 0 spiro atoms. The number of carbonyl (C=O) groups is 1. The molecule has 0 aromatic carbocycles. The predicted molar refractivity (Wildman–Crippen MR) is 74.9 cm³/mol. The molecule has 0 aliphatic carbocycles. The average molecular weight is 269 g/mol. The first-order valence-electron chi connectivity index (χ1n) is 5.14. The maximum atomic E-state index is 11.9. The highest BCUT2D eigenvalue weighted by molar-refractivity contribution is 7.80. The third-order valence-corrected chi connectivity index (χ3v) is 3.38. The van der Waals surface area contributed by atoms with Crippen LogP contribution in [0.5, 0.6) is 0 Å². The number of hydrogen-bond donors (Lipinski definition) is 2. The lowest BCUT2D eigenvalue weighted by Crippen LogP contribution is -2.48. The molecule has 0 atom stereocenters. The molecule has 0 bridgehead atoms. The standard InChI is InChI=1S/C11H15N3OS2/c1-3-5-14(11(12)16)13-10(15)8-6-9(4-2)17-7-8/h3,6-7H,1,4-5H2,2H3,(H2,12,16)(H,13,15). The van der Waals surface area contributed by atoms with Gasteiger partial charge in [0.15, 0.2) is 5.11 Å². The maximum absolute atomic E-state index is 11.9. The lowest BCUT2D eigenvalue weighted by atomic mass is 10.3. The van der Waals surface area contributed by atoms with E-state index >= 15 is 0 Å². The number of nitrogens with zero attached hydrogens (tertiary/aromatic N) is 1. The Labute approximate surface area is 110 Å². The van der Waals surface area contributed by atoms with Gasteiger partial charge >= 0.3 is 0 Å². The molecule has 4 nitrogen and oxygen atoms in total. The highest BCUT2D eigenvalue weighted by Crippen LogP contribution is 2.14. The zero-order valence-electron chi connectivity index (χ0n) is 9.60. The monoisotopic (exact) mass is 269 g/mol. The van der Waals surface area contributed by atoms with Gasteiger partial charge in [-0.25, -0.2) is 0 Å². The topological polar surface area (TPSA) is 58.4 Å². The Kier molecular flexibility index (Phi) is 5.11. The zero-order valence-corrected chi connectivity index (χ0v) is 11.2. The summed E-state index contributed by atoms with van der Waals surface area (Å²) in [5.74, 6) is -0.212. The van der Waals surface area contributed by atoms with Crippen LogP contribution in [0.25, 0.3) is 0 Å². The molecule has 0 radical (unpaired) electrons. The van der Waals surface area contributed by atoms with E-state index in [0.29, 0.717) is 12.1 Å². The van der Waals surface area contributed by atoms with Crippen LogP contribution in [0.3, 0.4) is 0 Å². The molecule has 0 unspecified atom stereocenters. The summed E-state index contributed by atoms with van der Waals surface area (Å²) in [5, 5.41) is 3.32. The highest BCUT2D eigenvalue weighted by Gasteiger charge is 2.12. The van der Waals surface area contributed by atoms with Crippen LogP contribution in [0.15, 0.2) is 24.1 Å². The molecule has 1 rings (SSSR count). The SMILES string of the molecule is C=CCN(NC(=O)c1csc(CC)c1)C(N)=S. The lowest BCUT2D eigenvalue weighted by molar-refractivity contribution is 0.0879. The Morgan fingerprint density at radius 3 is 2.94 bits per heavy atom. The van der Waals surface area contributed by atoms with E-state index in [1.54, 1.807) is 17.4 Å². The molecule has 1 heterocycles. The van der Waals surface area contributed by atoms with Crippen LogP contribution in [-0.2, 0) is 6.42 Å². The summed E-state index contributed by atoms with van der Waals surface area (Å²) in [6.45, 7) is 6.00. The molecule has 1 amide bonds. The van der Waals surface area contributed by atoms with Gasteiger partial charge in [0, 0.05) is 10.3 Å². The van der Waals surface area contributed by atoms with E-state index < -0.39 is 0 Å². The minimum atomic E-state index is -0.212. The number of hydrazine groups is 1. The number of hydrogen-bond acceptors (Lipinski definition) is 3. The minimum absolute atomic E-state index is 0.115. The van der Waals surface area contributed by atoms with E-state index in [-0.39, 0.29) is 11.0 Å². The van der Waals surface area contributed by atoms with Gasteiger partial charge in [0.2, 0.25) is 0 Å². The molecular weight excluding hydrogens is 254 g/mol. The van der Waals surface area contributed by atoms with Gasteiger partial charge in [-0.1, -0.05) is 13.0 Å². The van der Waals surface area contributed by atoms with Gasteiger partial charge in [-0.3, -0.25) is 15.2 Å². The molecular formula is C11H15N3OS2. The molecule has 17 heavy (non-hydrogen) atoms. The van der Waals surface area contributed by atoms with Crippen molar-refractivity contribution in [3.8, 4) is 0 Å². The fourth-order valence-electron chi connectivity index (χ4n) is 1.19. The van der Waals surface area contributed by atoms with Crippen molar-refractivity contribution in [1.29, 1.82) is 0 Å². The van der Waals surface area contributed by atoms with Gasteiger partial charge in [-0.05, 0) is 24.7 Å². The Morgan fingerprint density at radius 2 is 2.47 bits per heavy atom. The van der Waals surface area contributed by atoms with E-state index in [1.807, 2.05) is 18.4 Å². The van der Waals surface area contributed by atoms with Crippen molar-refractivity contribution in [2.24, 2.45) is 5.73 Å². The summed E-state index contributed by atoms with van der Waals surface area (Å²) in [7, 11) is 0. The van der Waals surface area contributed by atoms with E-state index in [2.05, 4.69) is 12.0 Å². The molecule has 1 aromatic heterocycles. The smallest absolute Gasteiger partial charge is 0.270 e. The van der Waals surface area contributed by atoms with E-state index in [0.717, 1.165) is 6.42 Å². The molecule has 92 valence electrons. The van der Waals surface area contributed by atoms with Gasteiger partial charge in [0.1, 0.15) is 0 Å². The predicted octanol–water partition coefficient (Wildman–Crippen LogP) is 1.69. The Bertz CT molecular complexity index is 428. The summed E-state index contributed by atoms with van der Waals surface area (Å²) in [5.41, 5.74) is 8.74. The molecule has 0 aliphatic rings. The van der Waals surface area contributed by atoms with Gasteiger partial charge in [0.25, 0.3) is 5.91 Å². The number of nitrogens with one attached hydrogen (secondary N) is 1. The van der Waals surface area contributed by atoms with Crippen LogP contribution >= 0.6 is 23.6 Å². The van der Waals surface area contributed by atoms with E-state index in [1.165, 1.54) is 9.89 Å². The van der Waals surface area contributed by atoms with Crippen LogP contribution in [0.2, 0.25) is 0 Å². The Morgan fingerprint density at radius 1 is 1.76 bits per heavy atom. The number of aryl methyl sites for hydroxylation is 1. The summed E-state index contributed by atoms with van der Waals surface area (Å²) in [6, 6.07) is 1.87. The summed E-state index contributed by atoms with van der Waals surface area (Å²) < 4.78 is 0. The van der Waals surface area contributed by atoms with Crippen molar-refractivity contribution in [2.45, 2.75) is 13.3 Å². The number of amides is 1. The van der Waals surface area contributed by atoms with Gasteiger partial charge in [-0.15, -0.1) is 17.9 Å². The second-order valence-corrected chi connectivity index (χ2v) is 4.75. The van der Waals surface area contributed by atoms with Gasteiger partial charge < -0.3 is 5.73 Å². The third kappa shape index (κ3) is 3.83. The van der Waals surface area contributed by atoms with Gasteiger partial charge in [-0.2, -0.15) is 0 Å². The Hall–Kier alpha value is -1.40. The quantitative estimate of drug-likeness (QED) is 0.496. The van der Waals surface area contributed by atoms with E-state index in [4.69, 9.17) is 18.0 Å². The fourth-order valence-corrected chi connectivity index (χ4v) is 2.13. The second-order valence-electron chi connectivity index (χ2n) is 3.33. The first-order chi connectivity index (χ1) is 8.08. The first kappa shape index (κ1) is 13.7. The molecule has 3 N–H and O–H groups in total. The van der Waals surface area contributed by atoms with E-state index in [9.17, 15) is 4.79 Å². The molecule has 0 aliphatic heterocycles. The molecule has 0 saturated carbocycles. The van der Waals surface area contributed by atoms with Crippen LogP contribution in [0.1, 0.15) is 22.2 Å². The van der Waals surface area contributed by atoms with Crippen molar-refractivity contribution >= 4 is 34.6 Å². The fraction of sp³-hybridized carbons (Fsp3) is 0.273. The van der Waals surface area contributed by atoms with Crippen LogP contribution in [0.4, 0.5) is 0 Å². The summed E-state index contributed by atoms with van der Waals surface area (Å²) >= 11 is 6.39. The first-order valence-corrected chi connectivity index (χ1v) is 6.43. The normalized spacial score (nSPS) is 9.71. The van der Waals surface area contributed by atoms with Crippen LogP contribution < -0.4 is 11.2 Å². The van der Waals surface area contributed by atoms with Crippen molar-refractivity contribution in [3.05, 3.63) is 34.5 Å². The van der Waals surface area contributed by atoms with Gasteiger partial charge in [0.05, 0.1) is 12.1 Å². The summed E-state index contributed by atoms with van der Waals surface area (Å²) in [4.78, 5) is 13.0. The average Bonchev–Trinajstić information content (AvgIpc) is 2.76. The molecule has 0 fully saturated rings. The van der Waals surface area contributed by atoms with Crippen LogP contribution in [-0.4, -0.2) is 22.6 Å².